The Morgan fingerprint density at radius 2 is 2.03 bits per heavy atom. The first-order valence-corrected chi connectivity index (χ1v) is 10.5. The molecule has 0 aliphatic carbocycles. The van der Waals surface area contributed by atoms with Gasteiger partial charge in [-0.15, -0.1) is 0 Å². The van der Waals surface area contributed by atoms with Crippen molar-refractivity contribution >= 4 is 57.8 Å². The number of amides is 2. The number of unbranched alkanes of at least 4 members (excludes halogenated alkanes) is 2. The maximum absolute atomic E-state index is 12.6. The van der Waals surface area contributed by atoms with E-state index in [9.17, 15) is 24.5 Å². The van der Waals surface area contributed by atoms with E-state index < -0.39 is 10.9 Å². The molecular formula is C19H21N3O6S2. The molecule has 2 N–H and O–H groups in total. The quantitative estimate of drug-likeness (QED) is 0.173. The number of nitrogens with one attached hydrogen (secondary N) is 1. The molecule has 0 atom stereocenters. The van der Waals surface area contributed by atoms with Crippen molar-refractivity contribution in [2.24, 2.45) is 0 Å². The van der Waals surface area contributed by atoms with Gasteiger partial charge in [-0.2, -0.15) is 0 Å². The molecule has 1 aliphatic rings. The van der Waals surface area contributed by atoms with E-state index >= 15 is 0 Å². The van der Waals surface area contributed by atoms with Crippen molar-refractivity contribution in [2.75, 3.05) is 13.1 Å². The average Bonchev–Trinajstić information content (AvgIpc) is 2.95. The number of carboxylic acids is 1. The number of benzene rings is 1. The van der Waals surface area contributed by atoms with Crippen molar-refractivity contribution in [3.05, 3.63) is 44.8 Å². The largest absolute Gasteiger partial charge is 0.481 e. The molecule has 1 aromatic rings. The molecule has 0 saturated carbocycles. The third-order valence-electron chi connectivity index (χ3n) is 4.20. The van der Waals surface area contributed by atoms with Gasteiger partial charge in [-0.1, -0.05) is 42.5 Å². The Kier molecular flexibility index (Phi) is 8.93. The van der Waals surface area contributed by atoms with E-state index in [1.165, 1.54) is 23.1 Å². The molecule has 2 rings (SSSR count). The summed E-state index contributed by atoms with van der Waals surface area (Å²) in [4.78, 5) is 47.0. The number of carbonyl (C=O) groups is 3. The van der Waals surface area contributed by atoms with Crippen molar-refractivity contribution in [1.82, 2.24) is 10.2 Å². The van der Waals surface area contributed by atoms with Crippen LogP contribution in [0, 0.1) is 10.1 Å². The second-order valence-corrected chi connectivity index (χ2v) is 8.17. The molecule has 0 radical (unpaired) electrons. The second kappa shape index (κ2) is 11.4. The minimum atomic E-state index is -0.831. The van der Waals surface area contributed by atoms with Crippen molar-refractivity contribution < 1.29 is 24.4 Å². The standard InChI is InChI=1S/C19H21N3O6S2/c23-16(20-9-3-1-2-7-17(24)25)8-10-21-18(26)15(30-19(21)29)12-13-5-4-6-14(11-13)22(27)28/h4-6,11-12H,1-3,7-10H2,(H,20,23)(H,24,25)/b15-12-. The highest BCUT2D eigenvalue weighted by Crippen LogP contribution is 2.33. The van der Waals surface area contributed by atoms with Crippen molar-refractivity contribution in [2.45, 2.75) is 32.1 Å². The summed E-state index contributed by atoms with van der Waals surface area (Å²) in [6.07, 6.45) is 3.72. The number of nitrogens with zero attached hydrogens (tertiary/aromatic N) is 2. The number of non-ortho nitro benzene ring substituents is 1. The molecule has 1 aliphatic heterocycles. The summed E-state index contributed by atoms with van der Waals surface area (Å²) >= 11 is 6.32. The van der Waals surface area contributed by atoms with Crippen LogP contribution in [0.15, 0.2) is 29.2 Å². The molecule has 0 bridgehead atoms. The Labute approximate surface area is 182 Å². The number of nitro benzene ring substituents is 1. The highest BCUT2D eigenvalue weighted by molar-refractivity contribution is 8.26. The molecule has 1 saturated heterocycles. The number of hydrogen-bond acceptors (Lipinski definition) is 7. The molecule has 2 amide bonds. The summed E-state index contributed by atoms with van der Waals surface area (Å²) < 4.78 is 0.332. The Morgan fingerprint density at radius 3 is 2.73 bits per heavy atom. The van der Waals surface area contributed by atoms with Crippen molar-refractivity contribution in [3.8, 4) is 0 Å². The number of carboxylic acid groups (broad SMARTS) is 1. The van der Waals surface area contributed by atoms with E-state index in [1.54, 1.807) is 12.1 Å². The van der Waals surface area contributed by atoms with Gasteiger partial charge in [0.2, 0.25) is 5.91 Å². The third-order valence-corrected chi connectivity index (χ3v) is 5.58. The minimum Gasteiger partial charge on any atom is -0.481 e. The van der Waals surface area contributed by atoms with Crippen LogP contribution in [-0.2, 0) is 14.4 Å². The van der Waals surface area contributed by atoms with Gasteiger partial charge in [-0.05, 0) is 24.5 Å². The molecule has 9 nitrogen and oxygen atoms in total. The first-order valence-electron chi connectivity index (χ1n) is 9.26. The summed E-state index contributed by atoms with van der Waals surface area (Å²) in [7, 11) is 0. The molecule has 0 aromatic heterocycles. The summed E-state index contributed by atoms with van der Waals surface area (Å²) in [5.41, 5.74) is 0.448. The number of nitro groups is 1. The predicted molar refractivity (Wildman–Crippen MR) is 117 cm³/mol. The van der Waals surface area contributed by atoms with Gasteiger partial charge in [0.25, 0.3) is 11.6 Å². The summed E-state index contributed by atoms with van der Waals surface area (Å²) in [5.74, 6) is -1.38. The number of carbonyl (C=O) groups excluding carboxylic acids is 2. The zero-order valence-corrected chi connectivity index (χ0v) is 17.7. The van der Waals surface area contributed by atoms with Gasteiger partial charge in [0.15, 0.2) is 0 Å². The normalized spacial score (nSPS) is 14.9. The van der Waals surface area contributed by atoms with E-state index in [4.69, 9.17) is 17.3 Å². The Balaban J connectivity index is 1.82. The first-order chi connectivity index (χ1) is 14.3. The van der Waals surface area contributed by atoms with Crippen LogP contribution in [0.3, 0.4) is 0 Å². The Bertz CT molecular complexity index is 887. The van der Waals surface area contributed by atoms with E-state index in [0.717, 1.165) is 11.8 Å². The fraction of sp³-hybridized carbons (Fsp3) is 0.368. The number of aliphatic carboxylic acids is 1. The zero-order chi connectivity index (χ0) is 22.1. The summed E-state index contributed by atoms with van der Waals surface area (Å²) in [5, 5.41) is 22.2. The smallest absolute Gasteiger partial charge is 0.303 e. The number of thiocarbonyl (C=S) groups is 1. The molecule has 30 heavy (non-hydrogen) atoms. The zero-order valence-electron chi connectivity index (χ0n) is 16.0. The van der Waals surface area contributed by atoms with Crippen LogP contribution in [-0.4, -0.2) is 50.1 Å². The fourth-order valence-corrected chi connectivity index (χ4v) is 3.99. The molecule has 0 unspecified atom stereocenters. The topological polar surface area (TPSA) is 130 Å². The Hall–Kier alpha value is -2.79. The summed E-state index contributed by atoms with van der Waals surface area (Å²) in [6, 6.07) is 5.93. The van der Waals surface area contributed by atoms with Crippen molar-refractivity contribution in [3.63, 3.8) is 0 Å². The van der Waals surface area contributed by atoms with Crippen LogP contribution < -0.4 is 5.32 Å². The van der Waals surface area contributed by atoms with Crippen LogP contribution >= 0.6 is 24.0 Å². The molecule has 1 heterocycles. The van der Waals surface area contributed by atoms with Gasteiger partial charge in [0.1, 0.15) is 4.32 Å². The molecule has 0 spiro atoms. The predicted octanol–water partition coefficient (Wildman–Crippen LogP) is 2.95. The van der Waals surface area contributed by atoms with E-state index in [-0.39, 0.29) is 36.9 Å². The summed E-state index contributed by atoms with van der Waals surface area (Å²) in [6.45, 7) is 0.589. The number of thioether (sulfide) groups is 1. The lowest BCUT2D eigenvalue weighted by molar-refractivity contribution is -0.384. The molecule has 11 heteroatoms. The van der Waals surface area contributed by atoms with Crippen LogP contribution in [0.1, 0.15) is 37.7 Å². The molecule has 160 valence electrons. The average molecular weight is 452 g/mol. The minimum absolute atomic E-state index is 0.0705. The highest BCUT2D eigenvalue weighted by Gasteiger charge is 2.32. The van der Waals surface area contributed by atoms with E-state index in [2.05, 4.69) is 5.32 Å². The Morgan fingerprint density at radius 1 is 1.27 bits per heavy atom. The second-order valence-electron chi connectivity index (χ2n) is 6.49. The lowest BCUT2D eigenvalue weighted by atomic mass is 10.2. The van der Waals surface area contributed by atoms with Gasteiger partial charge >= 0.3 is 5.97 Å². The van der Waals surface area contributed by atoms with E-state index in [0.29, 0.717) is 40.6 Å². The maximum atomic E-state index is 12.6. The lowest BCUT2D eigenvalue weighted by Crippen LogP contribution is -2.33. The fourth-order valence-electron chi connectivity index (χ4n) is 2.68. The molecule has 1 aromatic carbocycles. The maximum Gasteiger partial charge on any atom is 0.303 e. The van der Waals surface area contributed by atoms with Gasteiger partial charge < -0.3 is 10.4 Å². The molecule has 1 fully saturated rings. The van der Waals surface area contributed by atoms with Crippen LogP contribution in [0.5, 0.6) is 0 Å². The SMILES string of the molecule is O=C(O)CCCCCNC(=O)CCN1C(=O)/C(=C/c2cccc([N+](=O)[O-])c2)SC1=S. The number of hydrogen-bond donors (Lipinski definition) is 2. The van der Waals surface area contributed by atoms with Gasteiger partial charge in [0.05, 0.1) is 9.83 Å². The molecular weight excluding hydrogens is 430 g/mol. The van der Waals surface area contributed by atoms with E-state index in [1.807, 2.05) is 0 Å². The van der Waals surface area contributed by atoms with Gasteiger partial charge in [0, 0.05) is 38.1 Å². The van der Waals surface area contributed by atoms with Crippen LogP contribution in [0.25, 0.3) is 6.08 Å². The van der Waals surface area contributed by atoms with Crippen LogP contribution in [0.4, 0.5) is 5.69 Å². The van der Waals surface area contributed by atoms with Crippen LogP contribution in [0.2, 0.25) is 0 Å². The number of rotatable bonds is 11. The lowest BCUT2D eigenvalue weighted by Gasteiger charge is -2.14. The van der Waals surface area contributed by atoms with Gasteiger partial charge in [-0.3, -0.25) is 29.4 Å². The third kappa shape index (κ3) is 7.23. The van der Waals surface area contributed by atoms with Gasteiger partial charge in [-0.25, -0.2) is 0 Å². The monoisotopic (exact) mass is 451 g/mol. The first kappa shape index (κ1) is 23.5. The highest BCUT2D eigenvalue weighted by atomic mass is 32.2. The van der Waals surface area contributed by atoms with Crippen molar-refractivity contribution in [1.29, 1.82) is 0 Å².